The number of Topliss-reactive ketones (excluding diaryl/α,β-unsaturated/α-hetero) is 1. The lowest BCUT2D eigenvalue weighted by Gasteiger charge is -2.10. The van der Waals surface area contributed by atoms with Crippen molar-refractivity contribution >= 4 is 22.5 Å². The van der Waals surface area contributed by atoms with Crippen LogP contribution in [0.5, 0.6) is 0 Å². The zero-order chi connectivity index (χ0) is 20.2. The van der Waals surface area contributed by atoms with E-state index in [2.05, 4.69) is 12.2 Å². The molecule has 0 aliphatic rings. The Balaban J connectivity index is 2.09. The van der Waals surface area contributed by atoms with Gasteiger partial charge >= 0.3 is 5.97 Å². The second-order valence-electron chi connectivity index (χ2n) is 6.86. The summed E-state index contributed by atoms with van der Waals surface area (Å²) in [5, 5.41) is 4.93. The fourth-order valence-corrected chi connectivity index (χ4v) is 3.18. The highest BCUT2D eigenvalue weighted by molar-refractivity contribution is 6.27. The Morgan fingerprint density at radius 2 is 1.64 bits per heavy atom. The number of esters is 1. The first-order valence-corrected chi connectivity index (χ1v) is 10.3. The predicted molar refractivity (Wildman–Crippen MR) is 114 cm³/mol. The molecule has 0 fully saturated rings. The summed E-state index contributed by atoms with van der Waals surface area (Å²) in [6, 6.07) is 13.2. The fourth-order valence-electron chi connectivity index (χ4n) is 3.18. The fraction of sp³-hybridized carbons (Fsp3) is 0.417. The molecule has 1 N–H and O–H groups in total. The summed E-state index contributed by atoms with van der Waals surface area (Å²) in [4.78, 5) is 25.5. The highest BCUT2D eigenvalue weighted by Crippen LogP contribution is 2.21. The Morgan fingerprint density at radius 3 is 2.43 bits per heavy atom. The number of unbranched alkanes of at least 4 members (excludes halogenated alkanes) is 5. The molecule has 0 bridgehead atoms. The van der Waals surface area contributed by atoms with Gasteiger partial charge in [0.15, 0.2) is 0 Å². The summed E-state index contributed by atoms with van der Waals surface area (Å²) in [6.45, 7) is 4.91. The average molecular weight is 382 g/mol. The van der Waals surface area contributed by atoms with Gasteiger partial charge < -0.3 is 10.1 Å². The van der Waals surface area contributed by atoms with E-state index in [0.29, 0.717) is 5.56 Å². The van der Waals surface area contributed by atoms with Crippen LogP contribution < -0.4 is 5.32 Å². The number of benzene rings is 2. The first kappa shape index (κ1) is 21.7. The molecular formula is C24H31NO3. The number of hydrogen-bond acceptors (Lipinski definition) is 4. The first-order chi connectivity index (χ1) is 13.7. The minimum atomic E-state index is -0.587. The molecule has 28 heavy (non-hydrogen) atoms. The van der Waals surface area contributed by atoms with Gasteiger partial charge in [-0.2, -0.15) is 0 Å². The van der Waals surface area contributed by atoms with Crippen molar-refractivity contribution in [2.24, 2.45) is 0 Å². The van der Waals surface area contributed by atoms with Crippen LogP contribution in [-0.2, 0) is 9.53 Å². The lowest BCUT2D eigenvalue weighted by Crippen LogP contribution is -2.20. The largest absolute Gasteiger partial charge is 0.462 e. The number of hydrogen-bond donors (Lipinski definition) is 1. The first-order valence-electron chi connectivity index (χ1n) is 10.3. The molecule has 2 aromatic carbocycles. The van der Waals surface area contributed by atoms with Crippen LogP contribution in [0.2, 0.25) is 0 Å². The van der Waals surface area contributed by atoms with Crippen LogP contribution in [0.3, 0.4) is 0 Å². The Morgan fingerprint density at radius 1 is 0.929 bits per heavy atom. The van der Waals surface area contributed by atoms with Gasteiger partial charge in [0.05, 0.1) is 6.61 Å². The summed E-state index contributed by atoms with van der Waals surface area (Å²) in [7, 11) is 0. The summed E-state index contributed by atoms with van der Waals surface area (Å²) in [5.74, 6) is -0.901. The van der Waals surface area contributed by atoms with Crippen LogP contribution in [0, 0.1) is 0 Å². The van der Waals surface area contributed by atoms with E-state index in [-0.39, 0.29) is 18.0 Å². The average Bonchev–Trinajstić information content (AvgIpc) is 2.72. The number of rotatable bonds is 12. The van der Waals surface area contributed by atoms with Crippen molar-refractivity contribution in [3.8, 4) is 0 Å². The molecule has 0 aromatic heterocycles. The highest BCUT2D eigenvalue weighted by atomic mass is 16.5. The zero-order valence-corrected chi connectivity index (χ0v) is 17.0. The monoisotopic (exact) mass is 381 g/mol. The van der Waals surface area contributed by atoms with E-state index in [1.807, 2.05) is 36.4 Å². The van der Waals surface area contributed by atoms with Gasteiger partial charge in [-0.1, -0.05) is 81.5 Å². The molecule has 0 saturated heterocycles. The van der Waals surface area contributed by atoms with Gasteiger partial charge in [0.25, 0.3) is 0 Å². The van der Waals surface area contributed by atoms with E-state index in [9.17, 15) is 9.59 Å². The third-order valence-electron chi connectivity index (χ3n) is 4.70. The van der Waals surface area contributed by atoms with Gasteiger partial charge in [-0.05, 0) is 24.1 Å². The molecule has 0 amide bonds. The standard InChI is InChI=1S/C24H31NO3/c1-3-5-6-7-8-11-17-25-18-22(24(27)28-4-2)23(26)21-16-12-14-19-13-9-10-15-20(19)21/h9-10,12-16,18,25H,3-8,11,17H2,1-2H3. The summed E-state index contributed by atoms with van der Waals surface area (Å²) >= 11 is 0. The van der Waals surface area contributed by atoms with E-state index in [4.69, 9.17) is 4.74 Å². The van der Waals surface area contributed by atoms with E-state index >= 15 is 0 Å². The van der Waals surface area contributed by atoms with E-state index in [0.717, 1.165) is 30.2 Å². The van der Waals surface area contributed by atoms with E-state index in [1.54, 1.807) is 13.0 Å². The molecule has 0 atom stereocenters. The van der Waals surface area contributed by atoms with Gasteiger partial charge in [-0.3, -0.25) is 4.79 Å². The Bertz CT molecular complexity index is 805. The van der Waals surface area contributed by atoms with Crippen LogP contribution in [0.15, 0.2) is 54.2 Å². The lowest BCUT2D eigenvalue weighted by molar-refractivity contribution is -0.138. The number of nitrogens with one attached hydrogen (secondary N) is 1. The molecule has 0 spiro atoms. The third kappa shape index (κ3) is 6.22. The zero-order valence-electron chi connectivity index (χ0n) is 17.0. The summed E-state index contributed by atoms with van der Waals surface area (Å²) < 4.78 is 5.11. The second-order valence-corrected chi connectivity index (χ2v) is 6.86. The van der Waals surface area contributed by atoms with Crippen molar-refractivity contribution in [1.82, 2.24) is 5.32 Å². The number of ketones is 1. The van der Waals surface area contributed by atoms with Crippen LogP contribution >= 0.6 is 0 Å². The molecule has 4 heteroatoms. The van der Waals surface area contributed by atoms with Crippen molar-refractivity contribution < 1.29 is 14.3 Å². The minimum absolute atomic E-state index is 0.0455. The molecule has 2 aromatic rings. The van der Waals surface area contributed by atoms with Gasteiger partial charge in [0.2, 0.25) is 5.78 Å². The van der Waals surface area contributed by atoms with Crippen molar-refractivity contribution in [2.45, 2.75) is 52.4 Å². The van der Waals surface area contributed by atoms with Crippen molar-refractivity contribution in [2.75, 3.05) is 13.2 Å². The number of carbonyl (C=O) groups is 2. The molecule has 150 valence electrons. The topological polar surface area (TPSA) is 55.4 Å². The lowest BCUT2D eigenvalue weighted by atomic mass is 9.97. The Kier molecular flexibility index (Phi) is 9.26. The highest BCUT2D eigenvalue weighted by Gasteiger charge is 2.22. The molecule has 0 aliphatic carbocycles. The maximum atomic E-state index is 13.1. The van der Waals surface area contributed by atoms with Crippen LogP contribution in [0.4, 0.5) is 0 Å². The van der Waals surface area contributed by atoms with Gasteiger partial charge in [0, 0.05) is 18.3 Å². The molecule has 2 rings (SSSR count). The van der Waals surface area contributed by atoms with Crippen LogP contribution in [-0.4, -0.2) is 24.9 Å². The van der Waals surface area contributed by atoms with Crippen LogP contribution in [0.1, 0.15) is 62.7 Å². The summed E-state index contributed by atoms with van der Waals surface area (Å²) in [5.41, 5.74) is 0.558. The maximum Gasteiger partial charge on any atom is 0.343 e. The molecule has 4 nitrogen and oxygen atoms in total. The van der Waals surface area contributed by atoms with Crippen molar-refractivity contribution in [3.05, 3.63) is 59.8 Å². The molecule has 0 heterocycles. The van der Waals surface area contributed by atoms with Gasteiger partial charge in [-0.15, -0.1) is 0 Å². The molecule has 0 radical (unpaired) electrons. The summed E-state index contributed by atoms with van der Waals surface area (Å²) in [6.07, 6.45) is 8.68. The molecule has 0 unspecified atom stereocenters. The number of fused-ring (bicyclic) bond motifs is 1. The Hall–Kier alpha value is -2.62. The van der Waals surface area contributed by atoms with Crippen molar-refractivity contribution in [3.63, 3.8) is 0 Å². The van der Waals surface area contributed by atoms with Gasteiger partial charge in [-0.25, -0.2) is 4.79 Å². The Labute approximate surface area is 168 Å². The predicted octanol–water partition coefficient (Wildman–Crippen LogP) is 5.42. The number of carbonyl (C=O) groups excluding carboxylic acids is 2. The molecule has 0 aliphatic heterocycles. The van der Waals surface area contributed by atoms with Crippen LogP contribution in [0.25, 0.3) is 10.8 Å². The van der Waals surface area contributed by atoms with E-state index in [1.165, 1.54) is 31.9 Å². The second kappa shape index (κ2) is 12.0. The number of ether oxygens (including phenoxy) is 1. The van der Waals surface area contributed by atoms with Gasteiger partial charge in [0.1, 0.15) is 5.57 Å². The third-order valence-corrected chi connectivity index (χ3v) is 4.70. The SMILES string of the molecule is CCCCCCCCNC=C(C(=O)OCC)C(=O)c1cccc2ccccc12. The smallest absolute Gasteiger partial charge is 0.343 e. The normalized spacial score (nSPS) is 11.4. The van der Waals surface area contributed by atoms with Crippen molar-refractivity contribution in [1.29, 1.82) is 0 Å². The molecule has 0 saturated carbocycles. The quantitative estimate of drug-likeness (QED) is 0.133. The maximum absolute atomic E-state index is 13.1. The van der Waals surface area contributed by atoms with E-state index < -0.39 is 5.97 Å². The molecular weight excluding hydrogens is 350 g/mol. The minimum Gasteiger partial charge on any atom is -0.462 e.